The number of hydrogen-bond donors (Lipinski definition) is 5. The lowest BCUT2D eigenvalue weighted by Crippen LogP contribution is -2.20. The number of carbonyl (C=O) groups excluding carboxylic acids is 2. The average molecular weight is 856 g/mol. The van der Waals surface area contributed by atoms with Gasteiger partial charge < -0.3 is 54.8 Å². The minimum Gasteiger partial charge on any atom is -0.491 e. The molecule has 0 saturated heterocycles. The molecule has 1 heterocycles. The zero-order valence-electron chi connectivity index (χ0n) is 35.5. The molecule has 4 amide bonds. The van der Waals surface area contributed by atoms with E-state index in [0.717, 1.165) is 11.1 Å². The third-order valence-corrected chi connectivity index (χ3v) is 8.61. The molecule has 0 bridgehead atoms. The SMILES string of the molecule is Cc1ccc(NC(=O)Nc2ccccc2)c(C#Cc2cccc(C#Cc3cc(C)ccc3NC(=O)Nc3ccc(OCCOCCOCCOCCOCCOCCO)cc3)n2)c1. The van der Waals surface area contributed by atoms with Crippen molar-refractivity contribution in [3.05, 3.63) is 143 Å². The molecule has 5 aromatic rings. The van der Waals surface area contributed by atoms with E-state index in [9.17, 15) is 9.59 Å². The summed E-state index contributed by atoms with van der Waals surface area (Å²) in [6, 6.07) is 32.1. The van der Waals surface area contributed by atoms with Crippen LogP contribution in [0.15, 0.2) is 109 Å². The number of aliphatic hydroxyl groups excluding tert-OH is 1. The second kappa shape index (κ2) is 27.2. The highest BCUT2D eigenvalue weighted by Gasteiger charge is 2.09. The Bertz CT molecular complexity index is 2320. The highest BCUT2D eigenvalue weighted by atomic mass is 16.6. The van der Waals surface area contributed by atoms with Crippen LogP contribution in [0.5, 0.6) is 5.75 Å². The molecule has 0 aliphatic rings. The fraction of sp³-hybridized carbons (Fsp3) is 0.286. The molecule has 14 heteroatoms. The van der Waals surface area contributed by atoms with Crippen LogP contribution in [0.1, 0.15) is 33.6 Å². The van der Waals surface area contributed by atoms with Crippen LogP contribution in [0.2, 0.25) is 0 Å². The maximum atomic E-state index is 13.0. The van der Waals surface area contributed by atoms with Gasteiger partial charge in [-0.1, -0.05) is 48.2 Å². The monoisotopic (exact) mass is 855 g/mol. The molecule has 0 spiro atoms. The van der Waals surface area contributed by atoms with Crippen molar-refractivity contribution >= 4 is 34.8 Å². The first-order chi connectivity index (χ1) is 30.8. The minimum atomic E-state index is -0.429. The highest BCUT2D eigenvalue weighted by Crippen LogP contribution is 2.20. The van der Waals surface area contributed by atoms with Gasteiger partial charge in [0.2, 0.25) is 0 Å². The Labute approximate surface area is 368 Å². The summed E-state index contributed by atoms with van der Waals surface area (Å²) in [6.07, 6.45) is 0. The molecule has 328 valence electrons. The molecule has 0 atom stereocenters. The molecular formula is C49H53N5O9. The average Bonchev–Trinajstić information content (AvgIpc) is 3.28. The molecule has 0 unspecified atom stereocenters. The van der Waals surface area contributed by atoms with Crippen molar-refractivity contribution in [1.29, 1.82) is 0 Å². The number of nitrogens with one attached hydrogen (secondary N) is 4. The first-order valence-corrected chi connectivity index (χ1v) is 20.5. The van der Waals surface area contributed by atoms with Crippen LogP contribution in [0.25, 0.3) is 0 Å². The Morgan fingerprint density at radius 1 is 0.492 bits per heavy atom. The summed E-state index contributed by atoms with van der Waals surface area (Å²) in [5.41, 5.74) is 6.61. The zero-order chi connectivity index (χ0) is 44.3. The highest BCUT2D eigenvalue weighted by molar-refractivity contribution is 6.01. The van der Waals surface area contributed by atoms with Crippen molar-refractivity contribution in [3.8, 4) is 29.4 Å². The molecule has 4 aromatic carbocycles. The number of aliphatic hydroxyl groups is 1. The summed E-state index contributed by atoms with van der Waals surface area (Å²) >= 11 is 0. The maximum absolute atomic E-state index is 13.0. The van der Waals surface area contributed by atoms with Crippen molar-refractivity contribution in [2.24, 2.45) is 0 Å². The van der Waals surface area contributed by atoms with Gasteiger partial charge in [-0.15, -0.1) is 0 Å². The first-order valence-electron chi connectivity index (χ1n) is 20.5. The second-order valence-electron chi connectivity index (χ2n) is 13.7. The quantitative estimate of drug-likeness (QED) is 0.0353. The predicted molar refractivity (Wildman–Crippen MR) is 243 cm³/mol. The number of rotatable bonds is 22. The Kier molecular flexibility index (Phi) is 20.5. The smallest absolute Gasteiger partial charge is 0.323 e. The van der Waals surface area contributed by atoms with Crippen molar-refractivity contribution in [1.82, 2.24) is 4.98 Å². The summed E-state index contributed by atoms with van der Waals surface area (Å²) in [4.78, 5) is 30.4. The summed E-state index contributed by atoms with van der Waals surface area (Å²) in [6.45, 7) is 8.63. The number of pyridine rings is 1. The van der Waals surface area contributed by atoms with Gasteiger partial charge in [0.1, 0.15) is 23.7 Å². The standard InChI is InChI=1S/C49H53N5O9/c1-37-11-21-46(53-48(56)51-41-7-4-3-5-8-41)39(35-37)13-15-42-9-6-10-43(50-42)16-14-40-36-38(2)12-22-47(40)54-49(57)52-44-17-19-45(20-18-44)63-34-33-62-32-31-61-30-29-60-28-27-59-26-25-58-24-23-55/h3-12,17-22,35-36,55H,23-34H2,1-2H3,(H2,51,53,56)(H2,52,54,57). The van der Waals surface area contributed by atoms with Gasteiger partial charge in [-0.3, -0.25) is 0 Å². The van der Waals surface area contributed by atoms with E-state index >= 15 is 0 Å². The van der Waals surface area contributed by atoms with E-state index in [-0.39, 0.29) is 12.6 Å². The van der Waals surface area contributed by atoms with E-state index in [2.05, 4.69) is 49.9 Å². The predicted octanol–water partition coefficient (Wildman–Crippen LogP) is 7.24. The number of benzene rings is 4. The Hall–Kier alpha value is -6.75. The number of aromatic nitrogens is 1. The van der Waals surface area contributed by atoms with Crippen LogP contribution >= 0.6 is 0 Å². The molecular weight excluding hydrogens is 803 g/mol. The van der Waals surface area contributed by atoms with Gasteiger partial charge in [0.25, 0.3) is 0 Å². The van der Waals surface area contributed by atoms with E-state index in [1.165, 1.54) is 0 Å². The fourth-order valence-corrected chi connectivity index (χ4v) is 5.57. The van der Waals surface area contributed by atoms with Crippen molar-refractivity contribution in [2.45, 2.75) is 13.8 Å². The van der Waals surface area contributed by atoms with Crippen molar-refractivity contribution in [3.63, 3.8) is 0 Å². The number of anilines is 4. The van der Waals surface area contributed by atoms with Gasteiger partial charge in [-0.2, -0.15) is 0 Å². The van der Waals surface area contributed by atoms with Crippen LogP contribution in [0.4, 0.5) is 32.3 Å². The largest absolute Gasteiger partial charge is 0.491 e. The van der Waals surface area contributed by atoms with Gasteiger partial charge >= 0.3 is 12.1 Å². The molecule has 0 aliphatic carbocycles. The molecule has 1 aromatic heterocycles. The van der Waals surface area contributed by atoms with E-state index in [1.807, 2.05) is 86.6 Å². The van der Waals surface area contributed by atoms with Crippen molar-refractivity contribution < 1.29 is 43.1 Å². The number of amides is 4. The summed E-state index contributed by atoms with van der Waals surface area (Å²) in [5, 5.41) is 20.1. The Morgan fingerprint density at radius 3 is 1.41 bits per heavy atom. The summed E-state index contributed by atoms with van der Waals surface area (Å²) in [5.74, 6) is 13.1. The molecule has 0 radical (unpaired) electrons. The number of hydrogen-bond acceptors (Lipinski definition) is 10. The number of para-hydroxylation sites is 1. The van der Waals surface area contributed by atoms with Crippen LogP contribution in [-0.4, -0.2) is 101 Å². The fourth-order valence-electron chi connectivity index (χ4n) is 5.57. The normalized spacial score (nSPS) is 10.5. The van der Waals surface area contributed by atoms with Crippen molar-refractivity contribution in [2.75, 3.05) is 101 Å². The topological polar surface area (TPSA) is 171 Å². The van der Waals surface area contributed by atoms with Gasteiger partial charge in [-0.05, 0) is 110 Å². The molecule has 0 aliphatic heterocycles. The maximum Gasteiger partial charge on any atom is 0.323 e. The van der Waals surface area contributed by atoms with E-state index in [4.69, 9.17) is 33.5 Å². The summed E-state index contributed by atoms with van der Waals surface area (Å²) < 4.78 is 32.7. The Morgan fingerprint density at radius 2 is 0.937 bits per heavy atom. The number of ether oxygens (including phenoxy) is 6. The van der Waals surface area contributed by atoms with Crippen LogP contribution in [-0.2, 0) is 23.7 Å². The Balaban J connectivity index is 1.04. The van der Waals surface area contributed by atoms with Crippen LogP contribution in [0.3, 0.4) is 0 Å². The van der Waals surface area contributed by atoms with Crippen LogP contribution < -0.4 is 26.0 Å². The first kappa shape index (κ1) is 47.3. The molecule has 14 nitrogen and oxygen atoms in total. The molecule has 5 rings (SSSR count). The minimum absolute atomic E-state index is 0.00613. The molecule has 5 N–H and O–H groups in total. The van der Waals surface area contributed by atoms with E-state index < -0.39 is 6.03 Å². The van der Waals surface area contributed by atoms with Gasteiger partial charge in [0, 0.05) is 22.5 Å². The lowest BCUT2D eigenvalue weighted by atomic mass is 10.1. The van der Waals surface area contributed by atoms with Crippen LogP contribution in [0, 0.1) is 37.5 Å². The summed E-state index contributed by atoms with van der Waals surface area (Å²) in [7, 11) is 0. The van der Waals surface area contributed by atoms with Gasteiger partial charge in [-0.25, -0.2) is 14.6 Å². The molecule has 63 heavy (non-hydrogen) atoms. The number of carbonyl (C=O) groups is 2. The third-order valence-electron chi connectivity index (χ3n) is 8.61. The lowest BCUT2D eigenvalue weighted by Gasteiger charge is -2.11. The van der Waals surface area contributed by atoms with Gasteiger partial charge in [0.05, 0.1) is 84.1 Å². The third kappa shape index (κ3) is 18.4. The number of urea groups is 2. The zero-order valence-corrected chi connectivity index (χ0v) is 35.5. The van der Waals surface area contributed by atoms with E-state index in [1.54, 1.807) is 36.4 Å². The number of nitrogens with zero attached hydrogens (tertiary/aromatic N) is 1. The molecule has 0 fully saturated rings. The lowest BCUT2D eigenvalue weighted by molar-refractivity contribution is -0.0146. The van der Waals surface area contributed by atoms with E-state index in [0.29, 0.717) is 124 Å². The second-order valence-corrected chi connectivity index (χ2v) is 13.7. The molecule has 0 saturated carbocycles. The van der Waals surface area contributed by atoms with Gasteiger partial charge in [0.15, 0.2) is 0 Å². The number of aryl methyl sites for hydroxylation is 2.